The predicted octanol–water partition coefficient (Wildman–Crippen LogP) is 2.12. The highest BCUT2D eigenvalue weighted by Gasteiger charge is 2.16. The number of aliphatic carboxylic acids is 1. The third kappa shape index (κ3) is 3.00. The lowest BCUT2D eigenvalue weighted by atomic mass is 10.0. The topological polar surface area (TPSA) is 74.6 Å². The molecule has 0 radical (unpaired) electrons. The van der Waals surface area contributed by atoms with Gasteiger partial charge >= 0.3 is 11.9 Å². The Morgan fingerprint density at radius 2 is 2.00 bits per heavy atom. The van der Waals surface area contributed by atoms with Gasteiger partial charge < -0.3 is 10.2 Å². The van der Waals surface area contributed by atoms with Gasteiger partial charge in [0, 0.05) is 4.90 Å². The number of carboxylic acid groups (broad SMARTS) is 2. The van der Waals surface area contributed by atoms with Gasteiger partial charge in [0.15, 0.2) is 0 Å². The largest absolute Gasteiger partial charge is 0.481 e. The first kappa shape index (κ1) is 12.6. The van der Waals surface area contributed by atoms with Gasteiger partial charge in [0.25, 0.3) is 0 Å². The van der Waals surface area contributed by atoms with Gasteiger partial charge in [-0.2, -0.15) is 0 Å². The molecule has 0 fully saturated rings. The molecule has 4 nitrogen and oxygen atoms in total. The first-order valence-electron chi connectivity index (χ1n) is 4.76. The second-order valence-corrected chi connectivity index (χ2v) is 4.40. The summed E-state index contributed by atoms with van der Waals surface area (Å²) in [5.41, 5.74) is 0.454. The van der Waals surface area contributed by atoms with Crippen molar-refractivity contribution in [2.75, 3.05) is 5.75 Å². The fourth-order valence-corrected chi connectivity index (χ4v) is 2.23. The zero-order valence-corrected chi connectivity index (χ0v) is 9.58. The Morgan fingerprint density at radius 3 is 2.50 bits per heavy atom. The molecule has 1 rings (SSSR count). The molecule has 0 bridgehead atoms. The summed E-state index contributed by atoms with van der Waals surface area (Å²) < 4.78 is 0. The van der Waals surface area contributed by atoms with Crippen LogP contribution in [-0.2, 0) is 11.2 Å². The summed E-state index contributed by atoms with van der Waals surface area (Å²) in [7, 11) is 0. The summed E-state index contributed by atoms with van der Waals surface area (Å²) in [4.78, 5) is 22.4. The van der Waals surface area contributed by atoms with Crippen molar-refractivity contribution in [3.8, 4) is 0 Å². The van der Waals surface area contributed by atoms with Crippen molar-refractivity contribution in [2.24, 2.45) is 0 Å². The zero-order chi connectivity index (χ0) is 12.1. The molecule has 5 heteroatoms. The minimum Gasteiger partial charge on any atom is -0.481 e. The van der Waals surface area contributed by atoms with E-state index in [0.29, 0.717) is 5.56 Å². The first-order chi connectivity index (χ1) is 7.56. The summed E-state index contributed by atoms with van der Waals surface area (Å²) in [6.07, 6.45) is -0.259. The molecule has 86 valence electrons. The number of thioether (sulfide) groups is 1. The quantitative estimate of drug-likeness (QED) is 0.771. The zero-order valence-electron chi connectivity index (χ0n) is 8.77. The van der Waals surface area contributed by atoms with Crippen LogP contribution in [0, 0.1) is 0 Å². The van der Waals surface area contributed by atoms with Crippen molar-refractivity contribution in [1.82, 2.24) is 0 Å². The van der Waals surface area contributed by atoms with Crippen LogP contribution in [0.5, 0.6) is 0 Å². The Balaban J connectivity index is 3.22. The van der Waals surface area contributed by atoms with Crippen LogP contribution in [-0.4, -0.2) is 27.9 Å². The maximum atomic E-state index is 11.0. The molecule has 0 aromatic heterocycles. The molecule has 0 amide bonds. The summed E-state index contributed by atoms with van der Waals surface area (Å²) in [6, 6.07) is 4.81. The third-order valence-corrected chi connectivity index (χ3v) is 2.97. The molecule has 1 aromatic carbocycles. The fraction of sp³-hybridized carbons (Fsp3) is 0.273. The average Bonchev–Trinajstić information content (AvgIpc) is 2.19. The van der Waals surface area contributed by atoms with Crippen LogP contribution in [0.2, 0.25) is 0 Å². The predicted molar refractivity (Wildman–Crippen MR) is 61.1 cm³/mol. The Labute approximate surface area is 97.3 Å². The van der Waals surface area contributed by atoms with Gasteiger partial charge in [-0.05, 0) is 23.4 Å². The Kier molecular flexibility index (Phi) is 4.37. The monoisotopic (exact) mass is 240 g/mol. The van der Waals surface area contributed by atoms with E-state index in [0.717, 1.165) is 10.6 Å². The highest BCUT2D eigenvalue weighted by Crippen LogP contribution is 2.26. The van der Waals surface area contributed by atoms with E-state index >= 15 is 0 Å². The van der Waals surface area contributed by atoms with Gasteiger partial charge in [-0.25, -0.2) is 4.79 Å². The molecule has 0 unspecified atom stereocenters. The van der Waals surface area contributed by atoms with Crippen molar-refractivity contribution in [1.29, 1.82) is 0 Å². The van der Waals surface area contributed by atoms with E-state index in [4.69, 9.17) is 10.2 Å². The molecule has 1 aromatic rings. The van der Waals surface area contributed by atoms with Crippen molar-refractivity contribution in [3.63, 3.8) is 0 Å². The van der Waals surface area contributed by atoms with Crippen LogP contribution < -0.4 is 0 Å². The molecule has 2 N–H and O–H groups in total. The van der Waals surface area contributed by atoms with E-state index in [1.54, 1.807) is 12.1 Å². The number of carbonyl (C=O) groups is 2. The molecule has 0 aliphatic heterocycles. The number of rotatable bonds is 5. The van der Waals surface area contributed by atoms with E-state index in [2.05, 4.69) is 0 Å². The van der Waals surface area contributed by atoms with Gasteiger partial charge in [-0.1, -0.05) is 13.0 Å². The SMILES string of the molecule is CCSc1cccc(C(=O)O)c1CC(=O)O. The van der Waals surface area contributed by atoms with E-state index in [-0.39, 0.29) is 12.0 Å². The smallest absolute Gasteiger partial charge is 0.336 e. The van der Waals surface area contributed by atoms with E-state index in [9.17, 15) is 9.59 Å². The maximum absolute atomic E-state index is 11.0. The van der Waals surface area contributed by atoms with Crippen molar-refractivity contribution < 1.29 is 19.8 Å². The lowest BCUT2D eigenvalue weighted by Gasteiger charge is -2.09. The molecular formula is C11H12O4S. The Morgan fingerprint density at radius 1 is 1.31 bits per heavy atom. The maximum Gasteiger partial charge on any atom is 0.336 e. The third-order valence-electron chi connectivity index (χ3n) is 1.99. The van der Waals surface area contributed by atoms with Crippen LogP contribution in [0.3, 0.4) is 0 Å². The minimum atomic E-state index is -1.09. The highest BCUT2D eigenvalue weighted by molar-refractivity contribution is 7.99. The second-order valence-electron chi connectivity index (χ2n) is 3.09. The first-order valence-corrected chi connectivity index (χ1v) is 5.74. The van der Waals surface area contributed by atoms with Crippen LogP contribution in [0.15, 0.2) is 23.1 Å². The second kappa shape index (κ2) is 5.55. The Bertz CT molecular complexity index is 414. The van der Waals surface area contributed by atoms with Gasteiger partial charge in [-0.3, -0.25) is 4.79 Å². The lowest BCUT2D eigenvalue weighted by molar-refractivity contribution is -0.136. The van der Waals surface area contributed by atoms with Gasteiger partial charge in [0.05, 0.1) is 12.0 Å². The summed E-state index contributed by atoms with van der Waals surface area (Å²) in [5, 5.41) is 17.7. The minimum absolute atomic E-state index is 0.0702. The molecule has 0 spiro atoms. The highest BCUT2D eigenvalue weighted by atomic mass is 32.2. The van der Waals surface area contributed by atoms with Crippen molar-refractivity contribution in [2.45, 2.75) is 18.2 Å². The molecule has 0 saturated carbocycles. The average molecular weight is 240 g/mol. The van der Waals surface area contributed by atoms with Crippen LogP contribution in [0.1, 0.15) is 22.8 Å². The number of carboxylic acids is 2. The molecule has 16 heavy (non-hydrogen) atoms. The van der Waals surface area contributed by atoms with Gasteiger partial charge in [0.2, 0.25) is 0 Å². The van der Waals surface area contributed by atoms with Crippen LogP contribution >= 0.6 is 11.8 Å². The standard InChI is InChI=1S/C11H12O4S/c1-2-16-9-5-3-4-7(11(14)15)8(9)6-10(12)13/h3-5H,2,6H2,1H3,(H,12,13)(H,14,15). The summed E-state index contributed by atoms with van der Waals surface area (Å²) in [6.45, 7) is 1.93. The van der Waals surface area contributed by atoms with Gasteiger partial charge in [-0.15, -0.1) is 11.8 Å². The number of hydrogen-bond donors (Lipinski definition) is 2. The number of benzene rings is 1. The molecule has 0 saturated heterocycles. The molecule has 0 atom stereocenters. The van der Waals surface area contributed by atoms with E-state index < -0.39 is 11.9 Å². The fourth-order valence-electron chi connectivity index (χ4n) is 1.39. The van der Waals surface area contributed by atoms with E-state index in [1.165, 1.54) is 17.8 Å². The summed E-state index contributed by atoms with van der Waals surface area (Å²) >= 11 is 1.45. The molecule has 0 aliphatic rings. The number of aromatic carboxylic acids is 1. The van der Waals surface area contributed by atoms with Crippen LogP contribution in [0.4, 0.5) is 0 Å². The number of hydrogen-bond acceptors (Lipinski definition) is 3. The van der Waals surface area contributed by atoms with E-state index in [1.807, 2.05) is 6.92 Å². The van der Waals surface area contributed by atoms with Crippen LogP contribution in [0.25, 0.3) is 0 Å². The Hall–Kier alpha value is -1.49. The lowest BCUT2D eigenvalue weighted by Crippen LogP contribution is -2.09. The normalized spacial score (nSPS) is 10.1. The summed E-state index contributed by atoms with van der Waals surface area (Å²) in [5.74, 6) is -1.34. The molecule has 0 heterocycles. The molecule has 0 aliphatic carbocycles. The van der Waals surface area contributed by atoms with Gasteiger partial charge in [0.1, 0.15) is 0 Å². The molecular weight excluding hydrogens is 228 g/mol. The van der Waals surface area contributed by atoms with Crippen molar-refractivity contribution >= 4 is 23.7 Å². The van der Waals surface area contributed by atoms with Crippen molar-refractivity contribution in [3.05, 3.63) is 29.3 Å².